The Kier molecular flexibility index (Phi) is 3.97. The minimum absolute atomic E-state index is 0.0209. The van der Waals surface area contributed by atoms with Gasteiger partial charge in [-0.15, -0.1) is 0 Å². The summed E-state index contributed by atoms with van der Waals surface area (Å²) in [6.07, 6.45) is 0. The lowest BCUT2D eigenvalue weighted by molar-refractivity contribution is 0.146. The van der Waals surface area contributed by atoms with Crippen LogP contribution >= 0.6 is 0 Å². The van der Waals surface area contributed by atoms with Crippen LogP contribution in [-0.2, 0) is 16.7 Å². The van der Waals surface area contributed by atoms with Crippen molar-refractivity contribution in [3.05, 3.63) is 35.7 Å². The van der Waals surface area contributed by atoms with Crippen LogP contribution in [0.5, 0.6) is 0 Å². The first kappa shape index (κ1) is 13.7. The molecular weight excluding hydrogens is 242 g/mol. The minimum atomic E-state index is -0.0209. The lowest BCUT2D eigenvalue weighted by atomic mass is 9.85. The van der Waals surface area contributed by atoms with Crippen LogP contribution in [0, 0.1) is 0 Å². The lowest BCUT2D eigenvalue weighted by Crippen LogP contribution is -2.23. The van der Waals surface area contributed by atoms with Crippen LogP contribution < -0.4 is 5.73 Å². The molecule has 0 amide bonds. The van der Waals surface area contributed by atoms with Gasteiger partial charge in [0.1, 0.15) is 0 Å². The lowest BCUT2D eigenvalue weighted by Gasteiger charge is -2.24. The van der Waals surface area contributed by atoms with Gasteiger partial charge in [0.15, 0.2) is 0 Å². The Morgan fingerprint density at radius 1 is 1.26 bits per heavy atom. The van der Waals surface area contributed by atoms with E-state index >= 15 is 0 Å². The molecule has 0 saturated heterocycles. The first-order valence-electron chi connectivity index (χ1n) is 6.19. The summed E-state index contributed by atoms with van der Waals surface area (Å²) >= 11 is 0. The van der Waals surface area contributed by atoms with Gasteiger partial charge in [0.25, 0.3) is 0 Å². The number of aromatic nitrogens is 2. The van der Waals surface area contributed by atoms with Crippen LogP contribution in [0.1, 0.15) is 25.3 Å². The van der Waals surface area contributed by atoms with Gasteiger partial charge in [0, 0.05) is 18.1 Å². The zero-order valence-electron chi connectivity index (χ0n) is 11.5. The number of hydrogen-bond donors (Lipinski definition) is 1. The summed E-state index contributed by atoms with van der Waals surface area (Å²) in [6, 6.07) is 8.09. The zero-order valence-corrected chi connectivity index (χ0v) is 11.5. The maximum atomic E-state index is 5.45. The van der Waals surface area contributed by atoms with E-state index in [1.165, 1.54) is 5.56 Å². The maximum absolute atomic E-state index is 5.45. The van der Waals surface area contributed by atoms with E-state index in [4.69, 9.17) is 15.0 Å². The third-order valence-electron chi connectivity index (χ3n) is 3.07. The average Bonchev–Trinajstić information content (AvgIpc) is 2.87. The van der Waals surface area contributed by atoms with Crippen LogP contribution in [0.15, 0.2) is 28.8 Å². The van der Waals surface area contributed by atoms with Crippen molar-refractivity contribution in [2.45, 2.75) is 25.8 Å². The Bertz CT molecular complexity index is 532. The van der Waals surface area contributed by atoms with Crippen molar-refractivity contribution in [3.8, 4) is 11.4 Å². The number of ether oxygens (including phenoxy) is 1. The van der Waals surface area contributed by atoms with E-state index in [0.717, 1.165) is 5.56 Å². The topological polar surface area (TPSA) is 74.2 Å². The van der Waals surface area contributed by atoms with Crippen LogP contribution in [0.25, 0.3) is 11.4 Å². The fraction of sp³-hybridized carbons (Fsp3) is 0.429. The van der Waals surface area contributed by atoms with Gasteiger partial charge in [0.05, 0.1) is 13.2 Å². The summed E-state index contributed by atoms with van der Waals surface area (Å²) in [5.74, 6) is 1.01. The Balaban J connectivity index is 2.23. The molecule has 2 N–H and O–H groups in total. The minimum Gasteiger partial charge on any atom is -0.384 e. The highest BCUT2D eigenvalue weighted by atomic mass is 16.5. The molecule has 0 aliphatic rings. The molecule has 0 unspecified atom stereocenters. The number of nitrogens with zero attached hydrogens (tertiary/aromatic N) is 2. The Morgan fingerprint density at radius 2 is 1.95 bits per heavy atom. The number of methoxy groups -OCH3 is 1. The molecule has 1 aromatic carbocycles. The van der Waals surface area contributed by atoms with E-state index in [1.807, 2.05) is 12.1 Å². The van der Waals surface area contributed by atoms with Gasteiger partial charge in [-0.05, 0) is 5.56 Å². The molecule has 0 spiro atoms. The highest BCUT2D eigenvalue weighted by Crippen LogP contribution is 2.25. The number of benzene rings is 1. The quantitative estimate of drug-likeness (QED) is 0.892. The van der Waals surface area contributed by atoms with Crippen LogP contribution in [0.3, 0.4) is 0 Å². The van der Waals surface area contributed by atoms with Gasteiger partial charge >= 0.3 is 0 Å². The Hall–Kier alpha value is -1.72. The molecule has 0 saturated carbocycles. The van der Waals surface area contributed by atoms with E-state index in [9.17, 15) is 0 Å². The van der Waals surface area contributed by atoms with Crippen molar-refractivity contribution in [2.75, 3.05) is 13.7 Å². The SMILES string of the molecule is COCC(C)(C)c1ccc(-c2noc(CN)n2)cc1. The first-order chi connectivity index (χ1) is 9.06. The van der Waals surface area contributed by atoms with E-state index in [-0.39, 0.29) is 12.0 Å². The van der Waals surface area contributed by atoms with Gasteiger partial charge in [0.2, 0.25) is 11.7 Å². The molecule has 1 heterocycles. The normalized spacial score (nSPS) is 11.8. The molecule has 0 aliphatic carbocycles. The molecule has 2 aromatic rings. The highest BCUT2D eigenvalue weighted by Gasteiger charge is 2.20. The third-order valence-corrected chi connectivity index (χ3v) is 3.07. The van der Waals surface area contributed by atoms with Crippen molar-refractivity contribution in [1.29, 1.82) is 0 Å². The van der Waals surface area contributed by atoms with Crippen LogP contribution in [0.4, 0.5) is 0 Å². The molecule has 1 aromatic heterocycles. The Morgan fingerprint density at radius 3 is 2.47 bits per heavy atom. The fourth-order valence-electron chi connectivity index (χ4n) is 1.97. The summed E-state index contributed by atoms with van der Waals surface area (Å²) in [4.78, 5) is 4.20. The van der Waals surface area contributed by atoms with Gasteiger partial charge in [-0.2, -0.15) is 4.98 Å². The average molecular weight is 261 g/mol. The van der Waals surface area contributed by atoms with Crippen molar-refractivity contribution in [3.63, 3.8) is 0 Å². The predicted octanol–water partition coefficient (Wildman–Crippen LogP) is 2.12. The van der Waals surface area contributed by atoms with Gasteiger partial charge in [-0.25, -0.2) is 0 Å². The molecule has 0 aliphatic heterocycles. The summed E-state index contributed by atoms with van der Waals surface area (Å²) < 4.78 is 10.2. The smallest absolute Gasteiger partial charge is 0.240 e. The second-order valence-corrected chi connectivity index (χ2v) is 5.11. The van der Waals surface area contributed by atoms with E-state index < -0.39 is 0 Å². The van der Waals surface area contributed by atoms with Crippen LogP contribution in [-0.4, -0.2) is 23.9 Å². The van der Waals surface area contributed by atoms with E-state index in [1.54, 1.807) is 7.11 Å². The van der Waals surface area contributed by atoms with Gasteiger partial charge in [-0.3, -0.25) is 0 Å². The molecule has 0 fully saturated rings. The zero-order chi connectivity index (χ0) is 13.9. The van der Waals surface area contributed by atoms with Crippen molar-refractivity contribution >= 4 is 0 Å². The summed E-state index contributed by atoms with van der Waals surface area (Å²) in [6.45, 7) is 5.22. The fourth-order valence-corrected chi connectivity index (χ4v) is 1.97. The molecule has 19 heavy (non-hydrogen) atoms. The monoisotopic (exact) mass is 261 g/mol. The van der Waals surface area contributed by atoms with Crippen molar-refractivity contribution in [2.24, 2.45) is 5.73 Å². The highest BCUT2D eigenvalue weighted by molar-refractivity contribution is 5.55. The van der Waals surface area contributed by atoms with Crippen molar-refractivity contribution < 1.29 is 9.26 Å². The third kappa shape index (κ3) is 3.00. The molecule has 0 atom stereocenters. The predicted molar refractivity (Wildman–Crippen MR) is 72.5 cm³/mol. The maximum Gasteiger partial charge on any atom is 0.240 e. The summed E-state index contributed by atoms with van der Waals surface area (Å²) in [7, 11) is 1.71. The van der Waals surface area contributed by atoms with Crippen molar-refractivity contribution in [1.82, 2.24) is 10.1 Å². The molecule has 0 bridgehead atoms. The molecule has 5 nitrogen and oxygen atoms in total. The first-order valence-corrected chi connectivity index (χ1v) is 6.19. The molecular formula is C14H19N3O2. The summed E-state index contributed by atoms with van der Waals surface area (Å²) in [5.41, 5.74) is 7.55. The molecule has 0 radical (unpaired) electrons. The second-order valence-electron chi connectivity index (χ2n) is 5.11. The molecule has 2 rings (SSSR count). The van der Waals surface area contributed by atoms with E-state index in [2.05, 4.69) is 36.1 Å². The standard InChI is InChI=1S/C14H19N3O2/c1-14(2,9-18-3)11-6-4-10(5-7-11)13-16-12(8-15)19-17-13/h4-7H,8-9,15H2,1-3H3. The van der Waals surface area contributed by atoms with Crippen LogP contribution in [0.2, 0.25) is 0 Å². The van der Waals surface area contributed by atoms with Gasteiger partial charge in [-0.1, -0.05) is 43.3 Å². The Labute approximate surface area is 112 Å². The summed E-state index contributed by atoms with van der Waals surface area (Å²) in [5, 5.41) is 3.89. The van der Waals surface area contributed by atoms with E-state index in [0.29, 0.717) is 18.3 Å². The molecule has 5 heteroatoms. The van der Waals surface area contributed by atoms with Gasteiger partial charge < -0.3 is 15.0 Å². The number of rotatable bonds is 5. The largest absolute Gasteiger partial charge is 0.384 e. The second kappa shape index (κ2) is 5.50. The molecule has 102 valence electrons. The number of hydrogen-bond acceptors (Lipinski definition) is 5. The number of nitrogens with two attached hydrogens (primary N) is 1.